The molecule has 2 rings (SSSR count). The summed E-state index contributed by atoms with van der Waals surface area (Å²) >= 11 is 0. The number of fused-ring (bicyclic) bond motifs is 1. The fraction of sp³-hybridized carbons (Fsp3) is 1.00. The first-order valence-electron chi connectivity index (χ1n) is 5.79. The number of aliphatic hydroxyl groups excluding tert-OH is 2. The molecule has 0 amide bonds. The smallest absolute Gasteiger partial charge is 0.132 e. The third-order valence-corrected chi connectivity index (χ3v) is 4.37. The maximum absolute atomic E-state index is 10.0. The Morgan fingerprint density at radius 2 is 1.93 bits per heavy atom. The summed E-state index contributed by atoms with van der Waals surface area (Å²) in [6, 6.07) is 0.285. The molecule has 15 heavy (non-hydrogen) atoms. The van der Waals surface area contributed by atoms with E-state index in [2.05, 4.69) is 14.0 Å². The minimum absolute atomic E-state index is 0. The Morgan fingerprint density at radius 3 is 2.53 bits per heavy atom. The van der Waals surface area contributed by atoms with Crippen molar-refractivity contribution in [3.05, 3.63) is 0 Å². The van der Waals surface area contributed by atoms with Crippen molar-refractivity contribution in [1.29, 1.82) is 0 Å². The molecule has 2 saturated heterocycles. The first-order valence-corrected chi connectivity index (χ1v) is 5.79. The van der Waals surface area contributed by atoms with Crippen molar-refractivity contribution in [1.82, 2.24) is 0 Å². The Labute approximate surface area is 109 Å². The van der Waals surface area contributed by atoms with Crippen LogP contribution in [-0.4, -0.2) is 53.1 Å². The number of halogens is 1. The van der Waals surface area contributed by atoms with Gasteiger partial charge in [0, 0.05) is 18.8 Å². The Morgan fingerprint density at radius 1 is 1.27 bits per heavy atom. The highest BCUT2D eigenvalue weighted by Gasteiger charge is 2.52. The first kappa shape index (κ1) is 13.7. The SMILES string of the molecule is CC[C@H]1C[N@@+]2(C)CCC[C@H]2[C@@H](O)[C@H]1O.[I-]. The summed E-state index contributed by atoms with van der Waals surface area (Å²) in [6.07, 6.45) is 2.25. The molecule has 0 bridgehead atoms. The number of piperidine rings is 1. The van der Waals surface area contributed by atoms with Gasteiger partial charge < -0.3 is 38.7 Å². The van der Waals surface area contributed by atoms with Crippen molar-refractivity contribution in [3.8, 4) is 0 Å². The fourth-order valence-corrected chi connectivity index (χ4v) is 3.43. The van der Waals surface area contributed by atoms with Gasteiger partial charge in [0.15, 0.2) is 0 Å². The maximum atomic E-state index is 10.0. The lowest BCUT2D eigenvalue weighted by molar-refractivity contribution is -0.934. The highest BCUT2D eigenvalue weighted by molar-refractivity contribution is 4.89. The van der Waals surface area contributed by atoms with Crippen LogP contribution in [0, 0.1) is 5.92 Å². The number of hydrogen-bond acceptors (Lipinski definition) is 2. The molecule has 0 saturated carbocycles. The average molecular weight is 327 g/mol. The summed E-state index contributed by atoms with van der Waals surface area (Å²) in [5, 5.41) is 20.0. The third kappa shape index (κ3) is 2.18. The quantitative estimate of drug-likeness (QED) is 0.408. The van der Waals surface area contributed by atoms with Gasteiger partial charge in [-0.1, -0.05) is 6.92 Å². The monoisotopic (exact) mass is 327 g/mol. The second kappa shape index (κ2) is 4.85. The van der Waals surface area contributed by atoms with E-state index < -0.39 is 12.2 Å². The van der Waals surface area contributed by atoms with E-state index in [1.165, 1.54) is 13.0 Å². The van der Waals surface area contributed by atoms with Crippen LogP contribution in [0.25, 0.3) is 0 Å². The predicted octanol–water partition coefficient (Wildman–Crippen LogP) is -2.64. The molecule has 0 spiro atoms. The molecule has 0 aromatic rings. The summed E-state index contributed by atoms with van der Waals surface area (Å²) in [4.78, 5) is 0. The van der Waals surface area contributed by atoms with Gasteiger partial charge in [-0.15, -0.1) is 0 Å². The molecule has 4 heteroatoms. The summed E-state index contributed by atoms with van der Waals surface area (Å²) < 4.78 is 0.983. The van der Waals surface area contributed by atoms with E-state index >= 15 is 0 Å². The number of nitrogens with zero attached hydrogens (tertiary/aromatic N) is 1. The molecule has 90 valence electrons. The molecule has 0 aromatic heterocycles. The largest absolute Gasteiger partial charge is 1.00 e. The van der Waals surface area contributed by atoms with Crippen LogP contribution in [0.15, 0.2) is 0 Å². The molecule has 3 nitrogen and oxygen atoms in total. The second-order valence-electron chi connectivity index (χ2n) is 5.24. The van der Waals surface area contributed by atoms with Gasteiger partial charge in [0.1, 0.15) is 12.1 Å². The number of likely N-dealkylation sites (N-methyl/N-ethyl adjacent to an activating group) is 1. The minimum Gasteiger partial charge on any atom is -1.00 e. The summed E-state index contributed by atoms with van der Waals surface area (Å²) in [5.74, 6) is 0.282. The fourth-order valence-electron chi connectivity index (χ4n) is 3.43. The van der Waals surface area contributed by atoms with E-state index in [1.807, 2.05) is 0 Å². The van der Waals surface area contributed by atoms with Gasteiger partial charge in [0.25, 0.3) is 0 Å². The second-order valence-corrected chi connectivity index (χ2v) is 5.24. The van der Waals surface area contributed by atoms with Crippen LogP contribution in [0.1, 0.15) is 26.2 Å². The molecular formula is C11H22INO2. The van der Waals surface area contributed by atoms with Crippen molar-refractivity contribution < 1.29 is 38.7 Å². The van der Waals surface area contributed by atoms with Crippen LogP contribution in [0.3, 0.4) is 0 Å². The van der Waals surface area contributed by atoms with Crippen molar-refractivity contribution in [2.75, 3.05) is 20.1 Å². The third-order valence-electron chi connectivity index (χ3n) is 4.37. The van der Waals surface area contributed by atoms with Gasteiger partial charge in [-0.05, 0) is 6.42 Å². The van der Waals surface area contributed by atoms with Crippen LogP contribution in [0.2, 0.25) is 0 Å². The van der Waals surface area contributed by atoms with Crippen LogP contribution >= 0.6 is 0 Å². The molecule has 2 aliphatic rings. The standard InChI is InChI=1S/C11H22NO2.HI/c1-3-8-7-12(2)6-4-5-9(12)11(14)10(8)13;/h8-11,13-14H,3-7H2,1-2H3;1H/q+1;/p-1/t8-,9-,10-,11+,12+;/m0./s1. The first-order chi connectivity index (χ1) is 6.58. The molecular weight excluding hydrogens is 305 g/mol. The summed E-state index contributed by atoms with van der Waals surface area (Å²) in [6.45, 7) is 4.31. The van der Waals surface area contributed by atoms with E-state index in [0.717, 1.165) is 23.9 Å². The zero-order chi connectivity index (χ0) is 10.3. The molecule has 0 radical (unpaired) electrons. The van der Waals surface area contributed by atoms with Gasteiger partial charge >= 0.3 is 0 Å². The summed E-state index contributed by atoms with van der Waals surface area (Å²) in [5.41, 5.74) is 0. The highest BCUT2D eigenvalue weighted by atomic mass is 127. The van der Waals surface area contributed by atoms with E-state index in [-0.39, 0.29) is 35.9 Å². The number of hydrogen-bond donors (Lipinski definition) is 2. The lowest BCUT2D eigenvalue weighted by Crippen LogP contribution is -3.00. The van der Waals surface area contributed by atoms with Gasteiger partial charge in [0.05, 0.1) is 26.2 Å². The lowest BCUT2D eigenvalue weighted by Gasteiger charge is -2.47. The molecule has 2 heterocycles. The van der Waals surface area contributed by atoms with E-state index in [1.54, 1.807) is 0 Å². The summed E-state index contributed by atoms with van der Waals surface area (Å²) in [7, 11) is 2.23. The minimum atomic E-state index is -0.499. The molecule has 0 aromatic carbocycles. The Kier molecular flexibility index (Phi) is 4.43. The Balaban J connectivity index is 0.00000112. The number of aliphatic hydroxyl groups is 2. The van der Waals surface area contributed by atoms with Crippen LogP contribution in [0.4, 0.5) is 0 Å². The van der Waals surface area contributed by atoms with Gasteiger partial charge in [-0.25, -0.2) is 0 Å². The van der Waals surface area contributed by atoms with E-state index in [9.17, 15) is 10.2 Å². The van der Waals surface area contributed by atoms with Crippen LogP contribution in [0.5, 0.6) is 0 Å². The molecule has 0 unspecified atom stereocenters. The average Bonchev–Trinajstić information content (AvgIpc) is 2.54. The van der Waals surface area contributed by atoms with Crippen molar-refractivity contribution >= 4 is 0 Å². The molecule has 0 aliphatic carbocycles. The highest BCUT2D eigenvalue weighted by Crippen LogP contribution is 2.36. The Bertz CT molecular complexity index is 227. The van der Waals surface area contributed by atoms with Gasteiger partial charge in [-0.3, -0.25) is 0 Å². The van der Waals surface area contributed by atoms with Gasteiger partial charge in [-0.2, -0.15) is 0 Å². The predicted molar refractivity (Wildman–Crippen MR) is 54.7 cm³/mol. The zero-order valence-electron chi connectivity index (χ0n) is 9.56. The van der Waals surface area contributed by atoms with Gasteiger partial charge in [0.2, 0.25) is 0 Å². The van der Waals surface area contributed by atoms with Crippen molar-refractivity contribution in [3.63, 3.8) is 0 Å². The topological polar surface area (TPSA) is 40.5 Å². The Hall–Kier alpha value is 0.610. The van der Waals surface area contributed by atoms with Crippen LogP contribution < -0.4 is 24.0 Å². The molecule has 5 atom stereocenters. The van der Waals surface area contributed by atoms with E-state index in [0.29, 0.717) is 0 Å². The molecule has 2 aliphatic heterocycles. The number of quaternary nitrogens is 1. The zero-order valence-corrected chi connectivity index (χ0v) is 11.7. The molecule has 2 fully saturated rings. The van der Waals surface area contributed by atoms with Crippen molar-refractivity contribution in [2.24, 2.45) is 5.92 Å². The normalized spacial score (nSPS) is 49.6. The van der Waals surface area contributed by atoms with E-state index in [4.69, 9.17) is 0 Å². The lowest BCUT2D eigenvalue weighted by atomic mass is 9.84. The van der Waals surface area contributed by atoms with Crippen molar-refractivity contribution in [2.45, 2.75) is 44.4 Å². The maximum Gasteiger partial charge on any atom is 0.132 e. The molecule has 2 N–H and O–H groups in total. The van der Waals surface area contributed by atoms with Crippen LogP contribution in [-0.2, 0) is 0 Å². The number of rotatable bonds is 1.